The molecule has 0 aliphatic carbocycles. The molecule has 1 aromatic rings. The first-order valence-corrected chi connectivity index (χ1v) is 6.11. The van der Waals surface area contributed by atoms with Gasteiger partial charge in [-0.3, -0.25) is 4.79 Å². The number of nitrogens with zero attached hydrogens (tertiary/aromatic N) is 1. The average molecular weight is 273 g/mol. The Labute approximate surface area is 115 Å². The van der Waals surface area contributed by atoms with Gasteiger partial charge < -0.3 is 14.8 Å². The zero-order valence-corrected chi connectivity index (χ0v) is 10.6. The summed E-state index contributed by atoms with van der Waals surface area (Å²) in [6.45, 7) is 0. The van der Waals surface area contributed by atoms with E-state index < -0.39 is 18.9 Å². The summed E-state index contributed by atoms with van der Waals surface area (Å²) >= 11 is 0. The van der Waals surface area contributed by atoms with Gasteiger partial charge in [-0.2, -0.15) is 5.26 Å². The predicted molar refractivity (Wildman–Crippen MR) is 69.3 cm³/mol. The van der Waals surface area contributed by atoms with E-state index in [0.29, 0.717) is 12.0 Å². The summed E-state index contributed by atoms with van der Waals surface area (Å²) in [5.41, 5.74) is 0.633. The lowest BCUT2D eigenvalue weighted by molar-refractivity contribution is -0.118. The number of fused-ring (bicyclic) bond motifs is 1. The van der Waals surface area contributed by atoms with Gasteiger partial charge in [-0.15, -0.1) is 0 Å². The molecule has 7 heteroatoms. The molecule has 0 spiro atoms. The van der Waals surface area contributed by atoms with Crippen molar-refractivity contribution in [1.29, 1.82) is 5.26 Å². The van der Waals surface area contributed by atoms with Gasteiger partial charge in [0.05, 0.1) is 18.1 Å². The molecule has 0 unspecified atom stereocenters. The van der Waals surface area contributed by atoms with Crippen molar-refractivity contribution in [2.75, 3.05) is 0 Å². The quantitative estimate of drug-likeness (QED) is 0.793. The van der Waals surface area contributed by atoms with Gasteiger partial charge in [-0.25, -0.2) is 4.79 Å². The van der Waals surface area contributed by atoms with Gasteiger partial charge in [0, 0.05) is 12.2 Å². The minimum Gasteiger partial charge on any atom is -0.535 e. The molecule has 0 fully saturated rings. The maximum Gasteiger partial charge on any atom is 0.526 e. The van der Waals surface area contributed by atoms with E-state index in [2.05, 4.69) is 0 Å². The Bertz CT molecular complexity index is 595. The Balaban J connectivity index is 2.22. The molecule has 1 aliphatic rings. The van der Waals surface area contributed by atoms with E-state index in [9.17, 15) is 14.6 Å². The summed E-state index contributed by atoms with van der Waals surface area (Å²) in [6, 6.07) is 6.46. The molecule has 6 nitrogen and oxygen atoms in total. The van der Waals surface area contributed by atoms with Gasteiger partial charge in [-0.05, 0) is 18.1 Å². The number of carboxylic acid groups (broad SMARTS) is 1. The van der Waals surface area contributed by atoms with Crippen LogP contribution in [0.15, 0.2) is 18.2 Å². The van der Waals surface area contributed by atoms with E-state index in [0.717, 1.165) is 0 Å². The number of para-hydroxylation sites is 1. The number of benzene rings is 1. The van der Waals surface area contributed by atoms with Crippen molar-refractivity contribution in [3.63, 3.8) is 0 Å². The molecule has 0 saturated heterocycles. The number of rotatable bonds is 4. The highest BCUT2D eigenvalue weighted by Crippen LogP contribution is 2.36. The zero-order valence-electron chi connectivity index (χ0n) is 10.6. The summed E-state index contributed by atoms with van der Waals surface area (Å²) in [7, 11) is -1.24. The fourth-order valence-electron chi connectivity index (χ4n) is 2.28. The smallest absolute Gasteiger partial charge is 0.526 e. The minimum atomic E-state index is -1.24. The van der Waals surface area contributed by atoms with Crippen LogP contribution in [-0.4, -0.2) is 29.0 Å². The van der Waals surface area contributed by atoms with Crippen LogP contribution in [-0.2, 0) is 11.2 Å². The van der Waals surface area contributed by atoms with E-state index >= 15 is 0 Å². The highest BCUT2D eigenvalue weighted by molar-refractivity contribution is 6.47. The van der Waals surface area contributed by atoms with E-state index in [-0.39, 0.29) is 29.9 Å². The van der Waals surface area contributed by atoms with Gasteiger partial charge in [0.25, 0.3) is 0 Å². The number of ketones is 1. The van der Waals surface area contributed by atoms with Gasteiger partial charge in [0.15, 0.2) is 0 Å². The predicted octanol–water partition coefficient (Wildman–Crippen LogP) is 1.04. The van der Waals surface area contributed by atoms with Crippen LogP contribution in [0.4, 0.5) is 0 Å². The van der Waals surface area contributed by atoms with Crippen molar-refractivity contribution in [3.8, 4) is 11.8 Å². The lowest BCUT2D eigenvalue weighted by Gasteiger charge is -2.27. The van der Waals surface area contributed by atoms with Crippen molar-refractivity contribution in [1.82, 2.24) is 0 Å². The third-order valence-corrected chi connectivity index (χ3v) is 3.22. The van der Waals surface area contributed by atoms with Crippen molar-refractivity contribution < 1.29 is 24.4 Å². The molecule has 0 amide bonds. The molecular formula is C13H12BNO5. The molecule has 0 aromatic heterocycles. The lowest BCUT2D eigenvalue weighted by atomic mass is 9.64. The Morgan fingerprint density at radius 3 is 2.90 bits per heavy atom. The molecule has 2 rings (SSSR count). The number of nitriles is 1. The highest BCUT2D eigenvalue weighted by atomic mass is 16.5. The fourth-order valence-corrected chi connectivity index (χ4v) is 2.28. The number of carbonyl (C=O) groups excluding carboxylic acids is 1. The van der Waals surface area contributed by atoms with Gasteiger partial charge in [0.1, 0.15) is 11.5 Å². The molecule has 1 atom stereocenters. The van der Waals surface area contributed by atoms with Crippen LogP contribution in [0.3, 0.4) is 0 Å². The van der Waals surface area contributed by atoms with Crippen molar-refractivity contribution in [3.05, 3.63) is 29.3 Å². The number of aromatic carboxylic acids is 1. The van der Waals surface area contributed by atoms with Gasteiger partial charge in [-0.1, -0.05) is 12.1 Å². The van der Waals surface area contributed by atoms with Gasteiger partial charge in [0.2, 0.25) is 0 Å². The third-order valence-electron chi connectivity index (χ3n) is 3.22. The van der Waals surface area contributed by atoms with E-state index in [1.165, 1.54) is 6.07 Å². The van der Waals surface area contributed by atoms with Crippen LogP contribution < -0.4 is 4.65 Å². The van der Waals surface area contributed by atoms with Crippen LogP contribution in [0.5, 0.6) is 5.75 Å². The maximum atomic E-state index is 11.5. The number of carboxylic acids is 1. The highest BCUT2D eigenvalue weighted by Gasteiger charge is 2.37. The van der Waals surface area contributed by atoms with Crippen molar-refractivity contribution in [2.24, 2.45) is 0 Å². The molecular weight excluding hydrogens is 261 g/mol. The maximum absolute atomic E-state index is 11.5. The summed E-state index contributed by atoms with van der Waals surface area (Å²) in [5, 5.41) is 27.4. The zero-order chi connectivity index (χ0) is 14.7. The largest absolute Gasteiger partial charge is 0.535 e. The molecule has 2 N–H and O–H groups in total. The lowest BCUT2D eigenvalue weighted by Crippen LogP contribution is -2.35. The summed E-state index contributed by atoms with van der Waals surface area (Å²) in [5.74, 6) is -1.71. The second-order valence-electron chi connectivity index (χ2n) is 4.65. The third kappa shape index (κ3) is 2.81. The standard InChI is InChI=1S/C13H12BNO5/c15-5-4-10(16)7-9-6-8-2-1-3-11(13(17)18)12(8)20-14(9)19/h1-3,9,19H,4,6-7H2,(H,17,18)/t9-/m1/s1. The normalized spacial score (nSPS) is 16.8. The summed E-state index contributed by atoms with van der Waals surface area (Å²) in [6.07, 6.45) is 0.172. The molecule has 1 aliphatic heterocycles. The molecule has 1 aromatic carbocycles. The fraction of sp³-hybridized carbons (Fsp3) is 0.308. The Morgan fingerprint density at radius 2 is 2.25 bits per heavy atom. The monoisotopic (exact) mass is 273 g/mol. The molecule has 102 valence electrons. The first-order chi connectivity index (χ1) is 9.52. The van der Waals surface area contributed by atoms with E-state index in [1.807, 2.05) is 0 Å². The second-order valence-corrected chi connectivity index (χ2v) is 4.65. The topological polar surface area (TPSA) is 108 Å². The first kappa shape index (κ1) is 14.1. The Morgan fingerprint density at radius 1 is 1.50 bits per heavy atom. The van der Waals surface area contributed by atoms with Crippen LogP contribution in [0.1, 0.15) is 28.8 Å². The van der Waals surface area contributed by atoms with Gasteiger partial charge >= 0.3 is 13.1 Å². The van der Waals surface area contributed by atoms with E-state index in [4.69, 9.17) is 15.0 Å². The Hall–Kier alpha value is -2.33. The Kier molecular flexibility index (Phi) is 4.06. The van der Waals surface area contributed by atoms with Crippen LogP contribution in [0.2, 0.25) is 5.82 Å². The molecule has 1 heterocycles. The molecule has 0 radical (unpaired) electrons. The molecule has 0 bridgehead atoms. The second kappa shape index (κ2) is 5.76. The van der Waals surface area contributed by atoms with Crippen LogP contribution >= 0.6 is 0 Å². The minimum absolute atomic E-state index is 0.0108. The average Bonchev–Trinajstić information content (AvgIpc) is 2.39. The molecule has 0 saturated carbocycles. The van der Waals surface area contributed by atoms with Crippen LogP contribution in [0, 0.1) is 11.3 Å². The SMILES string of the molecule is N#CCC(=O)C[C@H]1Cc2cccc(C(=O)O)c2OB1O. The van der Waals surface area contributed by atoms with Crippen LogP contribution in [0.25, 0.3) is 0 Å². The van der Waals surface area contributed by atoms with Crippen molar-refractivity contribution >= 4 is 18.9 Å². The molecule has 20 heavy (non-hydrogen) atoms. The van der Waals surface area contributed by atoms with Crippen molar-refractivity contribution in [2.45, 2.75) is 25.1 Å². The summed E-state index contributed by atoms with van der Waals surface area (Å²) in [4.78, 5) is 22.5. The number of hydrogen-bond acceptors (Lipinski definition) is 5. The first-order valence-electron chi connectivity index (χ1n) is 6.11. The number of carbonyl (C=O) groups is 2. The van der Waals surface area contributed by atoms with E-state index in [1.54, 1.807) is 18.2 Å². The number of hydrogen-bond donors (Lipinski definition) is 2. The summed E-state index contributed by atoms with van der Waals surface area (Å²) < 4.78 is 5.26. The number of Topliss-reactive ketones (excluding diaryl/α,β-unsaturated/α-hetero) is 1.